The number of benzene rings is 1. The van der Waals surface area contributed by atoms with Crippen molar-refractivity contribution in [2.24, 2.45) is 0 Å². The second-order valence-electron chi connectivity index (χ2n) is 7.55. The van der Waals surface area contributed by atoms with Gasteiger partial charge in [0, 0.05) is 29.3 Å². The Hall–Kier alpha value is -2.47. The lowest BCUT2D eigenvalue weighted by Gasteiger charge is -2.19. The average Bonchev–Trinajstić information content (AvgIpc) is 3.60. The van der Waals surface area contributed by atoms with Gasteiger partial charge in [0.1, 0.15) is 12.1 Å². The van der Waals surface area contributed by atoms with Gasteiger partial charge in [-0.25, -0.2) is 9.97 Å². The maximum Gasteiger partial charge on any atom is 0.220 e. The van der Waals surface area contributed by atoms with E-state index < -0.39 is 0 Å². The molecule has 2 aliphatic rings. The van der Waals surface area contributed by atoms with E-state index >= 15 is 0 Å². The van der Waals surface area contributed by atoms with Gasteiger partial charge in [-0.05, 0) is 60.4 Å². The number of carbonyl (C=O) groups excluding carboxylic acids is 1. The zero-order chi connectivity index (χ0) is 18.4. The van der Waals surface area contributed by atoms with Gasteiger partial charge in [-0.3, -0.25) is 4.79 Å². The molecule has 0 aliphatic heterocycles. The molecule has 0 radical (unpaired) electrons. The van der Waals surface area contributed by atoms with E-state index in [1.54, 1.807) is 24.6 Å². The van der Waals surface area contributed by atoms with Gasteiger partial charge in [-0.1, -0.05) is 6.07 Å². The van der Waals surface area contributed by atoms with Gasteiger partial charge in [0.25, 0.3) is 0 Å². The number of aromatic nitrogens is 2. The molecule has 2 aromatic heterocycles. The van der Waals surface area contributed by atoms with Crippen LogP contribution in [0.15, 0.2) is 36.0 Å². The van der Waals surface area contributed by atoms with E-state index in [9.17, 15) is 4.79 Å². The Labute approximate surface area is 162 Å². The van der Waals surface area contributed by atoms with Crippen LogP contribution in [0, 0.1) is 0 Å². The first-order valence-electron chi connectivity index (χ1n) is 9.53. The molecule has 5 rings (SSSR count). The largest absolute Gasteiger partial charge is 0.367 e. The van der Waals surface area contributed by atoms with Crippen LogP contribution < -0.4 is 5.32 Å². The summed E-state index contributed by atoms with van der Waals surface area (Å²) >= 11 is 1.72. The highest BCUT2D eigenvalue weighted by Gasteiger charge is 2.31. The number of hydrogen-bond donors (Lipinski definition) is 1. The SMILES string of the molecule is CC(=O)N(Cc1cc(-c2ccc3ncnc(NC4CC4)c3c2)cs1)C1CC1. The summed E-state index contributed by atoms with van der Waals surface area (Å²) in [5, 5.41) is 6.76. The summed E-state index contributed by atoms with van der Waals surface area (Å²) in [5.41, 5.74) is 3.32. The van der Waals surface area contributed by atoms with Crippen LogP contribution in [-0.2, 0) is 11.3 Å². The summed E-state index contributed by atoms with van der Waals surface area (Å²) in [6.07, 6.45) is 6.33. The second kappa shape index (κ2) is 6.60. The summed E-state index contributed by atoms with van der Waals surface area (Å²) in [7, 11) is 0. The molecule has 0 bridgehead atoms. The van der Waals surface area contributed by atoms with Gasteiger partial charge < -0.3 is 10.2 Å². The van der Waals surface area contributed by atoms with Crippen molar-refractivity contribution in [3.8, 4) is 11.1 Å². The number of amides is 1. The molecule has 0 atom stereocenters. The highest BCUT2D eigenvalue weighted by molar-refractivity contribution is 7.10. The van der Waals surface area contributed by atoms with Crippen molar-refractivity contribution in [3.05, 3.63) is 40.8 Å². The Morgan fingerprint density at radius 2 is 2.04 bits per heavy atom. The van der Waals surface area contributed by atoms with Crippen LogP contribution in [0.25, 0.3) is 22.0 Å². The molecule has 0 spiro atoms. The topological polar surface area (TPSA) is 58.1 Å². The van der Waals surface area contributed by atoms with Gasteiger partial charge in [0.05, 0.1) is 12.1 Å². The third-order valence-corrected chi connectivity index (χ3v) is 6.18. The molecule has 138 valence electrons. The number of nitrogens with zero attached hydrogens (tertiary/aromatic N) is 3. The number of carbonyl (C=O) groups is 1. The summed E-state index contributed by atoms with van der Waals surface area (Å²) in [6, 6.07) is 9.57. The van der Waals surface area contributed by atoms with Crippen molar-refractivity contribution in [2.75, 3.05) is 5.32 Å². The Morgan fingerprint density at radius 1 is 1.19 bits per heavy atom. The van der Waals surface area contributed by atoms with Crippen molar-refractivity contribution in [2.45, 2.75) is 51.2 Å². The standard InChI is InChI=1S/C21H22N4OS/c1-13(26)25(17-5-6-17)10-18-8-15(11-27-18)14-2-7-20-19(9-14)21(23-12-22-20)24-16-3-4-16/h2,7-9,11-12,16-17H,3-6,10H2,1H3,(H,22,23,24). The maximum atomic E-state index is 11.9. The van der Waals surface area contributed by atoms with E-state index in [0.717, 1.165) is 36.1 Å². The molecule has 2 aliphatic carbocycles. The van der Waals surface area contributed by atoms with Crippen molar-refractivity contribution in [1.82, 2.24) is 14.9 Å². The third-order valence-electron chi connectivity index (χ3n) is 5.26. The predicted octanol–water partition coefficient (Wildman–Crippen LogP) is 4.44. The summed E-state index contributed by atoms with van der Waals surface area (Å²) in [4.78, 5) is 24.0. The smallest absolute Gasteiger partial charge is 0.220 e. The minimum absolute atomic E-state index is 0.172. The molecule has 6 heteroatoms. The van der Waals surface area contributed by atoms with Crippen LogP contribution in [0.5, 0.6) is 0 Å². The first-order chi connectivity index (χ1) is 13.2. The van der Waals surface area contributed by atoms with Gasteiger partial charge in [-0.15, -0.1) is 11.3 Å². The summed E-state index contributed by atoms with van der Waals surface area (Å²) < 4.78 is 0. The lowest BCUT2D eigenvalue weighted by atomic mass is 10.1. The zero-order valence-corrected chi connectivity index (χ0v) is 16.1. The molecule has 2 heterocycles. The van der Waals surface area contributed by atoms with Crippen molar-refractivity contribution < 1.29 is 4.79 Å². The summed E-state index contributed by atoms with van der Waals surface area (Å²) in [6.45, 7) is 2.39. The van der Waals surface area contributed by atoms with Crippen molar-refractivity contribution >= 4 is 34.0 Å². The van der Waals surface area contributed by atoms with Crippen LogP contribution in [0.3, 0.4) is 0 Å². The number of fused-ring (bicyclic) bond motifs is 1. The molecule has 5 nitrogen and oxygen atoms in total. The Morgan fingerprint density at radius 3 is 2.78 bits per heavy atom. The van der Waals surface area contributed by atoms with E-state index in [1.165, 1.54) is 28.8 Å². The molecule has 2 fully saturated rings. The van der Waals surface area contributed by atoms with Gasteiger partial charge in [0.15, 0.2) is 0 Å². The van der Waals surface area contributed by atoms with Gasteiger partial charge >= 0.3 is 0 Å². The molecule has 0 unspecified atom stereocenters. The molecule has 3 aromatic rings. The monoisotopic (exact) mass is 378 g/mol. The highest BCUT2D eigenvalue weighted by atomic mass is 32.1. The second-order valence-corrected chi connectivity index (χ2v) is 8.55. The van der Waals surface area contributed by atoms with Crippen LogP contribution >= 0.6 is 11.3 Å². The molecule has 1 aromatic carbocycles. The van der Waals surface area contributed by atoms with Crippen LogP contribution in [-0.4, -0.2) is 32.9 Å². The fourth-order valence-electron chi connectivity index (χ4n) is 3.44. The Balaban J connectivity index is 1.43. The molecular formula is C21H22N4OS. The average molecular weight is 379 g/mol. The third kappa shape index (κ3) is 3.54. The number of thiophene rings is 1. The molecule has 1 amide bonds. The first kappa shape index (κ1) is 16.7. The van der Waals surface area contributed by atoms with Crippen LogP contribution in [0.2, 0.25) is 0 Å². The lowest BCUT2D eigenvalue weighted by molar-refractivity contribution is -0.129. The van der Waals surface area contributed by atoms with E-state index in [4.69, 9.17) is 0 Å². The minimum atomic E-state index is 0.172. The number of nitrogens with one attached hydrogen (secondary N) is 1. The molecular weight excluding hydrogens is 356 g/mol. The maximum absolute atomic E-state index is 11.9. The molecule has 2 saturated carbocycles. The number of anilines is 1. The Kier molecular flexibility index (Phi) is 4.08. The normalized spacial score (nSPS) is 16.5. The first-order valence-corrected chi connectivity index (χ1v) is 10.4. The van der Waals surface area contributed by atoms with E-state index in [1.807, 2.05) is 4.90 Å². The predicted molar refractivity (Wildman–Crippen MR) is 109 cm³/mol. The van der Waals surface area contributed by atoms with E-state index in [0.29, 0.717) is 12.1 Å². The molecule has 0 saturated heterocycles. The van der Waals surface area contributed by atoms with E-state index in [2.05, 4.69) is 44.9 Å². The van der Waals surface area contributed by atoms with E-state index in [-0.39, 0.29) is 5.91 Å². The number of rotatable bonds is 6. The molecule has 27 heavy (non-hydrogen) atoms. The van der Waals surface area contributed by atoms with Gasteiger partial charge in [-0.2, -0.15) is 0 Å². The van der Waals surface area contributed by atoms with Crippen molar-refractivity contribution in [3.63, 3.8) is 0 Å². The lowest BCUT2D eigenvalue weighted by Crippen LogP contribution is -2.29. The molecule has 1 N–H and O–H groups in total. The highest BCUT2D eigenvalue weighted by Crippen LogP contribution is 2.34. The minimum Gasteiger partial charge on any atom is -0.367 e. The zero-order valence-electron chi connectivity index (χ0n) is 15.3. The fraction of sp³-hybridized carbons (Fsp3) is 0.381. The van der Waals surface area contributed by atoms with Crippen LogP contribution in [0.1, 0.15) is 37.5 Å². The quantitative estimate of drug-likeness (QED) is 0.689. The number of hydrogen-bond acceptors (Lipinski definition) is 5. The van der Waals surface area contributed by atoms with Crippen LogP contribution in [0.4, 0.5) is 5.82 Å². The van der Waals surface area contributed by atoms with Gasteiger partial charge in [0.2, 0.25) is 5.91 Å². The summed E-state index contributed by atoms with van der Waals surface area (Å²) in [5.74, 6) is 1.10. The van der Waals surface area contributed by atoms with Crippen molar-refractivity contribution in [1.29, 1.82) is 0 Å². The Bertz CT molecular complexity index is 1010. The fourth-order valence-corrected chi connectivity index (χ4v) is 4.33.